The molecular weight excluding hydrogens is 1030 g/mol. The van der Waals surface area contributed by atoms with Gasteiger partial charge in [0.2, 0.25) is 0 Å². The van der Waals surface area contributed by atoms with Gasteiger partial charge in [-0.3, -0.25) is 0 Å². The summed E-state index contributed by atoms with van der Waals surface area (Å²) in [6, 6.07) is 34.4. The monoisotopic (exact) mass is 1060 g/mol. The molecule has 2 heterocycles. The van der Waals surface area contributed by atoms with Crippen molar-refractivity contribution in [3.05, 3.63) is 144 Å². The van der Waals surface area contributed by atoms with Gasteiger partial charge in [0.05, 0.1) is 15.4 Å². The van der Waals surface area contributed by atoms with Crippen LogP contribution in [-0.4, -0.2) is 43.9 Å². The third kappa shape index (κ3) is 13.9. The fraction of sp³-hybridized carbons (Fsp3) is 0.0444. The molecule has 6 aromatic carbocycles. The van der Waals surface area contributed by atoms with Gasteiger partial charge in [0.15, 0.2) is 16.6 Å². The first-order valence-corrected chi connectivity index (χ1v) is 26.1. The van der Waals surface area contributed by atoms with E-state index in [4.69, 9.17) is 4.78 Å². The number of nitrogens with one attached hydrogen (secondary N) is 3. The Bertz CT molecular complexity index is 4050. The molecule has 2 aromatic heterocycles. The van der Waals surface area contributed by atoms with Crippen LogP contribution >= 0.6 is 11.3 Å². The maximum absolute atomic E-state index is 12.5. The Morgan fingerprint density at radius 2 is 1.26 bits per heavy atom. The van der Waals surface area contributed by atoms with Crippen molar-refractivity contribution in [3.8, 4) is 23.3 Å². The van der Waals surface area contributed by atoms with E-state index in [0.717, 1.165) is 52.4 Å². The van der Waals surface area contributed by atoms with Crippen molar-refractivity contribution in [2.24, 2.45) is 20.5 Å². The molecule has 0 unspecified atom stereocenters. The Hall–Kier alpha value is -5.46. The molecule has 0 fully saturated rings. The van der Waals surface area contributed by atoms with Crippen LogP contribution in [0.5, 0.6) is 0 Å². The van der Waals surface area contributed by atoms with Gasteiger partial charge in [-0.2, -0.15) is 26.2 Å². The van der Waals surface area contributed by atoms with Gasteiger partial charge in [0, 0.05) is 33.1 Å². The summed E-state index contributed by atoms with van der Waals surface area (Å²) in [6.45, 7) is 1.51. The van der Waals surface area contributed by atoms with E-state index < -0.39 is 55.6 Å². The van der Waals surface area contributed by atoms with Crippen molar-refractivity contribution in [3.63, 3.8) is 0 Å². The Kier molecular flexibility index (Phi) is 20.6. The summed E-state index contributed by atoms with van der Waals surface area (Å²) in [6.07, 6.45) is 0. The smallest absolute Gasteiger partial charge is 0.745 e. The Balaban J connectivity index is 0.00000296. The molecule has 0 aliphatic carbocycles. The first-order chi connectivity index (χ1) is 33.2. The van der Waals surface area contributed by atoms with Crippen LogP contribution in [0, 0.1) is 40.4 Å². The van der Waals surface area contributed by atoms with Gasteiger partial charge >= 0.3 is 75.4 Å². The van der Waals surface area contributed by atoms with Crippen molar-refractivity contribution in [2.75, 3.05) is 10.6 Å². The molecule has 0 saturated heterocycles. The summed E-state index contributed by atoms with van der Waals surface area (Å²) in [7, 11) is -16.7. The van der Waals surface area contributed by atoms with Gasteiger partial charge in [0.25, 0.3) is 0 Å². The maximum atomic E-state index is 12.5. The number of anilines is 4. The maximum Gasteiger partial charge on any atom is 1.00 e. The first-order valence-electron chi connectivity index (χ1n) is 19.7. The van der Waals surface area contributed by atoms with Crippen molar-refractivity contribution >= 4 is 118 Å². The van der Waals surface area contributed by atoms with E-state index in [1.165, 1.54) is 49.4 Å². The fourth-order valence-corrected chi connectivity index (χ4v) is 10.1. The summed E-state index contributed by atoms with van der Waals surface area (Å²) >= 11 is 0.860. The number of nitrogens with zero attached hydrogens (tertiary/aromatic N) is 7. The molecule has 352 valence electrons. The molecule has 0 saturated carbocycles. The van der Waals surface area contributed by atoms with Crippen LogP contribution < -0.4 is 86.1 Å². The van der Waals surface area contributed by atoms with Crippen molar-refractivity contribution in [1.82, 2.24) is 4.98 Å². The van der Waals surface area contributed by atoms with Crippen molar-refractivity contribution < 1.29 is 119 Å². The number of fused-ring (bicyclic) bond motifs is 2. The van der Waals surface area contributed by atoms with Crippen LogP contribution in [0.1, 0.15) is 22.3 Å². The van der Waals surface area contributed by atoms with Gasteiger partial charge in [-0.15, -0.1) is 56.3 Å². The molecule has 0 radical (unpaired) electrons. The number of pyridine rings is 1. The van der Waals surface area contributed by atoms with Gasteiger partial charge in [-0.25, -0.2) is 30.2 Å². The number of nitriles is 2. The summed E-state index contributed by atoms with van der Waals surface area (Å²) < 4.78 is 126. The minimum absolute atomic E-state index is 0. The van der Waals surface area contributed by atoms with E-state index in [1.807, 2.05) is 36.4 Å². The van der Waals surface area contributed by atoms with Crippen molar-refractivity contribution in [2.45, 2.75) is 27.4 Å². The topological polar surface area (TPSA) is 346 Å². The molecule has 8 rings (SSSR count). The van der Waals surface area contributed by atoms with E-state index >= 15 is 0 Å². The Morgan fingerprint density at radius 1 is 0.689 bits per heavy atom. The summed E-state index contributed by atoms with van der Waals surface area (Å²) in [5.74, 6) is -0.389. The van der Waals surface area contributed by atoms with Gasteiger partial charge in [0.1, 0.15) is 58.7 Å². The number of thiophene rings is 1. The van der Waals surface area contributed by atoms with Crippen LogP contribution in [0.15, 0.2) is 150 Å². The van der Waals surface area contributed by atoms with Crippen LogP contribution in [0.25, 0.3) is 32.7 Å². The summed E-state index contributed by atoms with van der Waals surface area (Å²) in [5.41, 5.74) is 1.43. The average Bonchev–Trinajstić information content (AvgIpc) is 3.66. The number of aromatic nitrogens is 1. The van der Waals surface area contributed by atoms with Crippen LogP contribution in [0.4, 0.5) is 44.4 Å². The fourth-order valence-electron chi connectivity index (χ4n) is 7.05. The van der Waals surface area contributed by atoms with Gasteiger partial charge in [-0.05, 0) is 83.9 Å². The molecule has 29 heteroatoms. The minimum Gasteiger partial charge on any atom is -0.745 e. The third-order valence-electron chi connectivity index (χ3n) is 10.3. The number of rotatable bonds is 14. The SMILES string of the molecule is Cc1c(C#N)c(Nc2ccc(S(=O)(=O)[O-])cc2)nc(Nc2ccc(S(=O)(=O)[O-])cc2)c1N=Nc1sc(N=Nc2cc(S(=O)(=O)[O-])c3cc(C[S-](=N)=O)c[c-]c3c2)c(-c2ccc3ccccc3c2)c1C#N.[Li+].[Li+].[Li+].[Li+]. The standard InChI is InChI=1S/C45H30N10O10S5.4Li/c1-25-37(22-46)42(49-31-10-14-34(15-11-31)68(57,58)59)51-43(50-32-12-16-35(17-13-32)69(60,61)62)41(25)53-54-44-38(23-47)40(30-9-8-27-4-2-3-5-28(27)19-30)45(66-44)55-52-33-20-29-7-6-26(24-67(48)56)18-36(29)39(21-33)70(63,64)65;;;;/h2-6,8-21,48H,24H2,1H3,(H2,49,50,51)(H,57,58,59)(H,60,61,62)(H,63,64,65);;;;/q-2;4*+1/p-3. The average molecular weight is 1060 g/mol. The molecule has 0 bridgehead atoms. The van der Waals surface area contributed by atoms with Gasteiger partial charge in [-0.1, -0.05) is 53.1 Å². The minimum atomic E-state index is -5.12. The van der Waals surface area contributed by atoms with Crippen molar-refractivity contribution in [1.29, 1.82) is 15.3 Å². The molecule has 0 aliphatic heterocycles. The molecular formula is C45H27Li4N10O10S5-. The van der Waals surface area contributed by atoms with Gasteiger partial charge < -0.3 is 33.3 Å². The van der Waals surface area contributed by atoms with E-state index in [1.54, 1.807) is 6.07 Å². The quantitative estimate of drug-likeness (QED) is 0.0357. The largest absolute Gasteiger partial charge is 1.00 e. The van der Waals surface area contributed by atoms with E-state index in [2.05, 4.69) is 54.3 Å². The first kappa shape index (κ1) is 61.1. The predicted molar refractivity (Wildman–Crippen MR) is 255 cm³/mol. The third-order valence-corrected chi connectivity index (χ3v) is 14.4. The summed E-state index contributed by atoms with van der Waals surface area (Å²) in [5, 5.41) is 46.6. The second-order valence-corrected chi connectivity index (χ2v) is 20.9. The number of hydrogen-bond donors (Lipinski definition) is 3. The predicted octanol–water partition coefficient (Wildman–Crippen LogP) is -1.76. The van der Waals surface area contributed by atoms with E-state index in [-0.39, 0.29) is 159 Å². The molecule has 0 spiro atoms. The summed E-state index contributed by atoms with van der Waals surface area (Å²) in [4.78, 5) is 2.89. The second-order valence-electron chi connectivity index (χ2n) is 14.9. The van der Waals surface area contributed by atoms with Crippen LogP contribution in [-0.2, 0) is 50.9 Å². The zero-order valence-electron chi connectivity index (χ0n) is 39.4. The number of hydrogen-bond acceptors (Lipinski definition) is 22. The molecule has 0 aliphatic rings. The zero-order chi connectivity index (χ0) is 50.1. The molecule has 0 atom stereocenters. The zero-order valence-corrected chi connectivity index (χ0v) is 43.5. The molecule has 20 nitrogen and oxygen atoms in total. The number of benzene rings is 6. The van der Waals surface area contributed by atoms with E-state index in [9.17, 15) is 53.6 Å². The molecule has 74 heavy (non-hydrogen) atoms. The molecule has 3 N–H and O–H groups in total. The Morgan fingerprint density at radius 3 is 1.81 bits per heavy atom. The second kappa shape index (κ2) is 24.9. The number of azo groups is 2. The van der Waals surface area contributed by atoms with Crippen LogP contribution in [0.2, 0.25) is 0 Å². The normalized spacial score (nSPS) is 11.6. The van der Waals surface area contributed by atoms with E-state index in [0.29, 0.717) is 11.1 Å². The Labute approximate surface area is 477 Å². The molecule has 0 amide bonds. The van der Waals surface area contributed by atoms with Crippen LogP contribution in [0.3, 0.4) is 0 Å². The molecule has 8 aromatic rings.